The van der Waals surface area contributed by atoms with Crippen LogP contribution in [-0.2, 0) is 4.74 Å². The molecule has 0 amide bonds. The molecule has 8 heavy (non-hydrogen) atoms. The number of hydrogen-bond acceptors (Lipinski definition) is 1. The Hall–Kier alpha value is -0.370. The van der Waals surface area contributed by atoms with Crippen molar-refractivity contribution in [1.82, 2.24) is 0 Å². The minimum Gasteiger partial charge on any atom is -0.375 e. The predicted molar refractivity (Wildman–Crippen MR) is 31.9 cm³/mol. The molecule has 1 aliphatic rings. The molecule has 0 unspecified atom stereocenters. The molecule has 0 saturated heterocycles. The Balaban J connectivity index is 2.26. The molecular weight excluding hydrogens is 102 g/mol. The molecule has 0 aromatic carbocycles. The van der Waals surface area contributed by atoms with Gasteiger partial charge in [-0.3, -0.25) is 0 Å². The molecule has 0 bridgehead atoms. The summed E-state index contributed by atoms with van der Waals surface area (Å²) in [5.74, 6) is 0. The van der Waals surface area contributed by atoms with Crippen molar-refractivity contribution in [3.63, 3.8) is 0 Å². The quantitative estimate of drug-likeness (QED) is 0.455. The second kappa shape index (κ2) is 2.27. The highest BCUT2D eigenvalue weighted by Gasteiger charge is 2.33. The largest absolute Gasteiger partial charge is 0.375 e. The van der Waals surface area contributed by atoms with Gasteiger partial charge in [0.2, 0.25) is 0 Å². The van der Waals surface area contributed by atoms with Gasteiger partial charge in [-0.1, -0.05) is 0 Å². The van der Waals surface area contributed by atoms with Gasteiger partial charge < -0.3 is 4.74 Å². The van der Waals surface area contributed by atoms with Gasteiger partial charge in [-0.2, -0.15) is 0 Å². The molecule has 0 aromatic rings. The Kier molecular flexibility index (Phi) is 1.63. The van der Waals surface area contributed by atoms with Crippen molar-refractivity contribution in [3.05, 3.63) is 0 Å². The zero-order chi connectivity index (χ0) is 5.98. The summed E-state index contributed by atoms with van der Waals surface area (Å²) in [5, 5.41) is 0. The Morgan fingerprint density at radius 3 is 2.50 bits per heavy atom. The fourth-order valence-corrected chi connectivity index (χ4v) is 0.985. The number of ether oxygens (including phenoxy) is 1. The minimum absolute atomic E-state index is 0.424. The standard InChI is InChI=1S/C6H11NO/c1-7-5-3-4-6(5)8-2/h5-6H,1,3-4H2,2H3/p+1/t5-,6-/m0/s1. The fourth-order valence-electron chi connectivity index (χ4n) is 0.985. The molecule has 2 nitrogen and oxygen atoms in total. The first-order chi connectivity index (χ1) is 3.88. The first-order valence-electron chi connectivity index (χ1n) is 2.94. The first-order valence-corrected chi connectivity index (χ1v) is 2.94. The summed E-state index contributed by atoms with van der Waals surface area (Å²) in [7, 11) is 1.74. The third-order valence-electron chi connectivity index (χ3n) is 1.78. The third-order valence-corrected chi connectivity index (χ3v) is 1.78. The third kappa shape index (κ3) is 0.757. The van der Waals surface area contributed by atoms with Crippen LogP contribution in [0.15, 0.2) is 0 Å². The first kappa shape index (κ1) is 5.76. The highest BCUT2D eigenvalue weighted by atomic mass is 16.5. The predicted octanol–water partition coefficient (Wildman–Crippen LogP) is -1.05. The maximum Gasteiger partial charge on any atom is 0.176 e. The van der Waals surface area contributed by atoms with Crippen LogP contribution < -0.4 is 4.99 Å². The van der Waals surface area contributed by atoms with Crippen LogP contribution in [0.25, 0.3) is 0 Å². The summed E-state index contributed by atoms with van der Waals surface area (Å²) in [6, 6.07) is 0.514. The van der Waals surface area contributed by atoms with Gasteiger partial charge >= 0.3 is 0 Å². The summed E-state index contributed by atoms with van der Waals surface area (Å²) in [5.41, 5.74) is 0. The van der Waals surface area contributed by atoms with Crippen molar-refractivity contribution in [3.8, 4) is 0 Å². The molecule has 46 valence electrons. The van der Waals surface area contributed by atoms with Crippen molar-refractivity contribution in [1.29, 1.82) is 0 Å². The molecule has 0 aliphatic heterocycles. The Morgan fingerprint density at radius 1 is 1.62 bits per heavy atom. The molecule has 2 atom stereocenters. The number of rotatable bonds is 2. The smallest absolute Gasteiger partial charge is 0.176 e. The summed E-state index contributed by atoms with van der Waals surface area (Å²) in [6.07, 6.45) is 2.82. The summed E-state index contributed by atoms with van der Waals surface area (Å²) in [6.45, 7) is 3.58. The summed E-state index contributed by atoms with van der Waals surface area (Å²) >= 11 is 0. The summed E-state index contributed by atoms with van der Waals surface area (Å²) in [4.78, 5) is 2.93. The van der Waals surface area contributed by atoms with E-state index in [0.717, 1.165) is 0 Å². The maximum atomic E-state index is 5.09. The van der Waals surface area contributed by atoms with Crippen molar-refractivity contribution in [2.24, 2.45) is 0 Å². The van der Waals surface area contributed by atoms with Crippen LogP contribution in [0, 0.1) is 0 Å². The fraction of sp³-hybridized carbons (Fsp3) is 0.833. The van der Waals surface area contributed by atoms with E-state index in [-0.39, 0.29) is 0 Å². The molecule has 1 N–H and O–H groups in total. The zero-order valence-corrected chi connectivity index (χ0v) is 5.18. The van der Waals surface area contributed by atoms with Gasteiger partial charge in [-0.15, -0.1) is 0 Å². The topological polar surface area (TPSA) is 23.2 Å². The van der Waals surface area contributed by atoms with Crippen molar-refractivity contribution < 1.29 is 9.73 Å². The molecule has 1 fully saturated rings. The highest BCUT2D eigenvalue weighted by molar-refractivity contribution is 5.13. The van der Waals surface area contributed by atoms with E-state index in [1.54, 1.807) is 7.11 Å². The monoisotopic (exact) mass is 114 g/mol. The summed E-state index contributed by atoms with van der Waals surface area (Å²) < 4.78 is 5.09. The Morgan fingerprint density at radius 2 is 2.38 bits per heavy atom. The zero-order valence-electron chi connectivity index (χ0n) is 5.18. The van der Waals surface area contributed by atoms with E-state index < -0.39 is 0 Å². The normalized spacial score (nSPS) is 36.1. The Labute approximate surface area is 49.6 Å². The van der Waals surface area contributed by atoms with Crippen molar-refractivity contribution in [2.75, 3.05) is 7.11 Å². The van der Waals surface area contributed by atoms with Gasteiger partial charge in [-0.25, -0.2) is 4.99 Å². The van der Waals surface area contributed by atoms with Crippen LogP contribution in [-0.4, -0.2) is 26.0 Å². The highest BCUT2D eigenvalue weighted by Crippen LogP contribution is 2.18. The van der Waals surface area contributed by atoms with E-state index >= 15 is 0 Å². The maximum absolute atomic E-state index is 5.09. The molecule has 1 rings (SSSR count). The van der Waals surface area contributed by atoms with Crippen LogP contribution in [0.1, 0.15) is 12.8 Å². The molecule has 2 heteroatoms. The molecule has 0 aromatic heterocycles. The SMILES string of the molecule is C=[NH+][C@H]1CC[C@@H]1OC. The molecule has 0 heterocycles. The molecule has 0 spiro atoms. The van der Waals surface area contributed by atoms with Crippen molar-refractivity contribution >= 4 is 6.72 Å². The van der Waals surface area contributed by atoms with Crippen LogP contribution in [0.5, 0.6) is 0 Å². The molecule has 1 aliphatic carbocycles. The molecular formula is C6H12NO+. The second-order valence-corrected chi connectivity index (χ2v) is 2.16. The van der Waals surface area contributed by atoms with Gasteiger partial charge in [0.1, 0.15) is 12.8 Å². The number of nitrogens with one attached hydrogen (secondary N) is 1. The number of hydrogen-bond donors (Lipinski definition) is 1. The number of methoxy groups -OCH3 is 1. The van der Waals surface area contributed by atoms with E-state index in [2.05, 4.69) is 11.7 Å². The lowest BCUT2D eigenvalue weighted by atomic mass is 9.90. The Bertz CT molecular complexity index is 90.5. The average Bonchev–Trinajstić information content (AvgIpc) is 1.66. The van der Waals surface area contributed by atoms with Gasteiger partial charge in [0.25, 0.3) is 0 Å². The van der Waals surface area contributed by atoms with Gasteiger partial charge in [0.15, 0.2) is 6.04 Å². The van der Waals surface area contributed by atoms with E-state index in [1.807, 2.05) is 0 Å². The van der Waals surface area contributed by atoms with Crippen LogP contribution >= 0.6 is 0 Å². The van der Waals surface area contributed by atoms with Crippen LogP contribution in [0.2, 0.25) is 0 Å². The van der Waals surface area contributed by atoms with E-state index in [9.17, 15) is 0 Å². The van der Waals surface area contributed by atoms with E-state index in [1.165, 1.54) is 12.8 Å². The van der Waals surface area contributed by atoms with E-state index in [0.29, 0.717) is 12.1 Å². The lowest BCUT2D eigenvalue weighted by Gasteiger charge is -2.26. The minimum atomic E-state index is 0.424. The van der Waals surface area contributed by atoms with E-state index in [4.69, 9.17) is 4.74 Å². The van der Waals surface area contributed by atoms with Crippen molar-refractivity contribution in [2.45, 2.75) is 25.0 Å². The van der Waals surface area contributed by atoms with Gasteiger partial charge in [-0.05, 0) is 6.42 Å². The second-order valence-electron chi connectivity index (χ2n) is 2.16. The van der Waals surface area contributed by atoms with Crippen LogP contribution in [0.3, 0.4) is 0 Å². The molecule has 1 saturated carbocycles. The lowest BCUT2D eigenvalue weighted by molar-refractivity contribution is -0.526. The van der Waals surface area contributed by atoms with Gasteiger partial charge in [0, 0.05) is 13.5 Å². The van der Waals surface area contributed by atoms with Crippen LogP contribution in [0.4, 0.5) is 0 Å². The molecule has 0 radical (unpaired) electrons. The van der Waals surface area contributed by atoms with Gasteiger partial charge in [0.05, 0.1) is 0 Å². The lowest BCUT2D eigenvalue weighted by Crippen LogP contribution is -2.81. The average molecular weight is 114 g/mol.